The molecule has 1 aromatic rings. The van der Waals surface area contributed by atoms with E-state index >= 15 is 0 Å². The molecule has 0 radical (unpaired) electrons. The maximum Gasteiger partial charge on any atom is 0.335 e. The summed E-state index contributed by atoms with van der Waals surface area (Å²) in [6.07, 6.45) is 2.63. The molecule has 1 rings (SSSR count). The highest BCUT2D eigenvalue weighted by Gasteiger charge is 2.27. The summed E-state index contributed by atoms with van der Waals surface area (Å²) in [5.74, 6) is -0.439. The van der Waals surface area contributed by atoms with Crippen molar-refractivity contribution in [3.8, 4) is 0 Å². The number of hydrogen-bond donors (Lipinski definition) is 1. The molecule has 1 atom stereocenters. The van der Waals surface area contributed by atoms with Crippen molar-refractivity contribution in [2.75, 3.05) is 19.1 Å². The summed E-state index contributed by atoms with van der Waals surface area (Å²) >= 11 is 1.58. The van der Waals surface area contributed by atoms with Crippen molar-refractivity contribution in [1.82, 2.24) is 4.31 Å². The number of carboxylic acid groups (broad SMARTS) is 1. The molecule has 0 bridgehead atoms. The van der Waals surface area contributed by atoms with Gasteiger partial charge < -0.3 is 5.11 Å². The molecule has 0 aromatic heterocycles. The second-order valence-electron chi connectivity index (χ2n) is 4.37. The number of benzene rings is 1. The molecule has 0 spiro atoms. The van der Waals surface area contributed by atoms with Gasteiger partial charge in [-0.05, 0) is 30.9 Å². The predicted octanol–water partition coefficient (Wildman–Crippen LogP) is 2.15. The fourth-order valence-electron chi connectivity index (χ4n) is 1.82. The molecular formula is C13H19NO4S2. The average molecular weight is 317 g/mol. The summed E-state index contributed by atoms with van der Waals surface area (Å²) in [6.45, 7) is 1.93. The zero-order valence-corrected chi connectivity index (χ0v) is 13.4. The molecule has 5 nitrogen and oxygen atoms in total. The molecule has 0 heterocycles. The molecule has 1 aromatic carbocycles. The molecule has 0 aliphatic carbocycles. The third-order valence-electron chi connectivity index (χ3n) is 3.10. The molecule has 112 valence electrons. The fourth-order valence-corrected chi connectivity index (χ4v) is 4.24. The normalized spacial score (nSPS) is 13.4. The van der Waals surface area contributed by atoms with E-state index in [9.17, 15) is 13.2 Å². The predicted molar refractivity (Wildman–Crippen MR) is 80.8 cm³/mol. The van der Waals surface area contributed by atoms with Gasteiger partial charge in [-0.3, -0.25) is 0 Å². The number of carboxylic acids is 1. The monoisotopic (exact) mass is 317 g/mol. The van der Waals surface area contributed by atoms with Crippen LogP contribution in [0.5, 0.6) is 0 Å². The van der Waals surface area contributed by atoms with Gasteiger partial charge in [0, 0.05) is 18.8 Å². The van der Waals surface area contributed by atoms with Crippen molar-refractivity contribution >= 4 is 27.8 Å². The summed E-state index contributed by atoms with van der Waals surface area (Å²) in [4.78, 5) is 10.9. The van der Waals surface area contributed by atoms with E-state index in [2.05, 4.69) is 0 Å². The van der Waals surface area contributed by atoms with E-state index < -0.39 is 16.0 Å². The first-order valence-electron chi connectivity index (χ1n) is 6.15. The quantitative estimate of drug-likeness (QED) is 0.834. The Hall–Kier alpha value is -1.05. The molecule has 1 N–H and O–H groups in total. The molecular weight excluding hydrogens is 298 g/mol. The Morgan fingerprint density at radius 2 is 2.10 bits per heavy atom. The molecule has 20 heavy (non-hydrogen) atoms. The highest BCUT2D eigenvalue weighted by atomic mass is 32.2. The van der Waals surface area contributed by atoms with Crippen molar-refractivity contribution < 1.29 is 18.3 Å². The van der Waals surface area contributed by atoms with Gasteiger partial charge in [-0.2, -0.15) is 16.1 Å². The maximum atomic E-state index is 12.5. The van der Waals surface area contributed by atoms with Gasteiger partial charge in [-0.15, -0.1) is 0 Å². The summed E-state index contributed by atoms with van der Waals surface area (Å²) in [6, 6.07) is 5.33. The Bertz CT molecular complexity index is 571. The van der Waals surface area contributed by atoms with Crippen LogP contribution in [0.1, 0.15) is 23.7 Å². The SMILES string of the molecule is CCC(CSC)N(C)S(=O)(=O)c1cccc(C(=O)O)c1. The number of rotatable bonds is 7. The van der Waals surface area contributed by atoms with E-state index in [4.69, 9.17) is 5.11 Å². The lowest BCUT2D eigenvalue weighted by Crippen LogP contribution is -2.38. The Labute approximate surface area is 124 Å². The van der Waals surface area contributed by atoms with E-state index in [1.807, 2.05) is 13.2 Å². The Balaban J connectivity index is 3.15. The molecule has 1 unspecified atom stereocenters. The number of sulfonamides is 1. The van der Waals surface area contributed by atoms with Gasteiger partial charge in [0.15, 0.2) is 0 Å². The van der Waals surface area contributed by atoms with Gasteiger partial charge in [-0.25, -0.2) is 13.2 Å². The molecule has 0 saturated heterocycles. The van der Waals surface area contributed by atoms with Crippen LogP contribution in [0, 0.1) is 0 Å². The summed E-state index contributed by atoms with van der Waals surface area (Å²) in [7, 11) is -2.14. The smallest absolute Gasteiger partial charge is 0.335 e. The Morgan fingerprint density at radius 1 is 1.45 bits per heavy atom. The third kappa shape index (κ3) is 3.74. The second-order valence-corrected chi connectivity index (χ2v) is 7.28. The number of carbonyl (C=O) groups is 1. The average Bonchev–Trinajstić information content (AvgIpc) is 2.44. The van der Waals surface area contributed by atoms with E-state index in [1.54, 1.807) is 11.8 Å². The van der Waals surface area contributed by atoms with Gasteiger partial charge >= 0.3 is 5.97 Å². The van der Waals surface area contributed by atoms with Crippen molar-refractivity contribution in [3.05, 3.63) is 29.8 Å². The van der Waals surface area contributed by atoms with Crippen molar-refractivity contribution in [3.63, 3.8) is 0 Å². The maximum absolute atomic E-state index is 12.5. The van der Waals surface area contributed by atoms with Crippen LogP contribution < -0.4 is 0 Å². The summed E-state index contributed by atoms with van der Waals surface area (Å²) in [5, 5.41) is 8.94. The minimum absolute atomic E-state index is 0.0134. The lowest BCUT2D eigenvalue weighted by Gasteiger charge is -2.26. The molecule has 0 fully saturated rings. The number of hydrogen-bond acceptors (Lipinski definition) is 4. The van der Waals surface area contributed by atoms with Crippen LogP contribution in [-0.4, -0.2) is 48.9 Å². The molecule has 0 aliphatic heterocycles. The largest absolute Gasteiger partial charge is 0.478 e. The summed E-state index contributed by atoms with van der Waals surface area (Å²) in [5.41, 5.74) is -0.0302. The Kier molecular flexibility index (Phi) is 6.04. The van der Waals surface area contributed by atoms with Crippen LogP contribution in [0.2, 0.25) is 0 Å². The minimum atomic E-state index is -3.67. The first-order valence-corrected chi connectivity index (χ1v) is 8.98. The number of aromatic carboxylic acids is 1. The van der Waals surface area contributed by atoms with Gasteiger partial charge in [0.2, 0.25) is 10.0 Å². The van der Waals surface area contributed by atoms with E-state index in [1.165, 1.54) is 35.6 Å². The van der Waals surface area contributed by atoms with Gasteiger partial charge in [0.1, 0.15) is 0 Å². The highest BCUT2D eigenvalue weighted by Crippen LogP contribution is 2.20. The molecule has 0 amide bonds. The zero-order chi connectivity index (χ0) is 15.3. The van der Waals surface area contributed by atoms with Gasteiger partial charge in [0.05, 0.1) is 10.5 Å². The van der Waals surface area contributed by atoms with Crippen molar-refractivity contribution in [1.29, 1.82) is 0 Å². The molecule has 0 aliphatic rings. The van der Waals surface area contributed by atoms with Crippen LogP contribution in [0.15, 0.2) is 29.2 Å². The minimum Gasteiger partial charge on any atom is -0.478 e. The van der Waals surface area contributed by atoms with E-state index in [-0.39, 0.29) is 16.5 Å². The topological polar surface area (TPSA) is 74.7 Å². The lowest BCUT2D eigenvalue weighted by atomic mass is 10.2. The van der Waals surface area contributed by atoms with Crippen LogP contribution >= 0.6 is 11.8 Å². The van der Waals surface area contributed by atoms with Crippen LogP contribution in [0.3, 0.4) is 0 Å². The first-order chi connectivity index (χ1) is 9.34. The summed E-state index contributed by atoms with van der Waals surface area (Å²) < 4.78 is 26.3. The first kappa shape index (κ1) is 17.0. The molecule has 7 heteroatoms. The van der Waals surface area contributed by atoms with Crippen LogP contribution in [0.25, 0.3) is 0 Å². The third-order valence-corrected chi connectivity index (χ3v) is 5.73. The highest BCUT2D eigenvalue weighted by molar-refractivity contribution is 7.98. The molecule has 0 saturated carbocycles. The zero-order valence-electron chi connectivity index (χ0n) is 11.7. The van der Waals surface area contributed by atoms with Gasteiger partial charge in [0.25, 0.3) is 0 Å². The number of thioether (sulfide) groups is 1. The number of nitrogens with zero attached hydrogens (tertiary/aromatic N) is 1. The Morgan fingerprint density at radius 3 is 2.60 bits per heavy atom. The lowest BCUT2D eigenvalue weighted by molar-refractivity contribution is 0.0696. The van der Waals surface area contributed by atoms with Crippen molar-refractivity contribution in [2.24, 2.45) is 0 Å². The van der Waals surface area contributed by atoms with E-state index in [0.29, 0.717) is 12.2 Å². The standard InChI is InChI=1S/C13H19NO4S2/c1-4-11(9-19-3)14(2)20(17,18)12-7-5-6-10(8-12)13(15)16/h5-8,11H,4,9H2,1-3H3,(H,15,16). The van der Waals surface area contributed by atoms with Crippen molar-refractivity contribution in [2.45, 2.75) is 24.3 Å². The second kappa shape index (κ2) is 7.10. The van der Waals surface area contributed by atoms with E-state index in [0.717, 1.165) is 0 Å². The fraction of sp³-hybridized carbons (Fsp3) is 0.462. The van der Waals surface area contributed by atoms with Crippen LogP contribution in [-0.2, 0) is 10.0 Å². The van der Waals surface area contributed by atoms with Crippen LogP contribution in [0.4, 0.5) is 0 Å². The van der Waals surface area contributed by atoms with Gasteiger partial charge in [-0.1, -0.05) is 13.0 Å².